The molecule has 0 saturated carbocycles. The third-order valence-electron chi connectivity index (χ3n) is 4.40. The van der Waals surface area contributed by atoms with Gasteiger partial charge in [0.05, 0.1) is 0 Å². The summed E-state index contributed by atoms with van der Waals surface area (Å²) in [5.41, 5.74) is 6.18. The Bertz CT molecular complexity index is 1100. The molecule has 2 N–H and O–H groups in total. The maximum absolute atomic E-state index is 5.86. The van der Waals surface area contributed by atoms with E-state index in [0.717, 1.165) is 33.3 Å². The van der Waals surface area contributed by atoms with Crippen molar-refractivity contribution >= 4 is 50.6 Å². The molecule has 4 aromatic rings. The zero-order chi connectivity index (χ0) is 17.4. The van der Waals surface area contributed by atoms with Gasteiger partial charge in [-0.15, -0.1) is 0 Å². The van der Waals surface area contributed by atoms with E-state index in [9.17, 15) is 0 Å². The maximum atomic E-state index is 5.86. The fourth-order valence-corrected chi connectivity index (χ4v) is 3.15. The summed E-state index contributed by atoms with van der Waals surface area (Å²) in [4.78, 5) is 0. The van der Waals surface area contributed by atoms with Crippen molar-refractivity contribution in [2.45, 2.75) is 13.8 Å². The Morgan fingerprint density at radius 1 is 0.760 bits per heavy atom. The van der Waals surface area contributed by atoms with E-state index >= 15 is 0 Å². The molecule has 4 rings (SSSR count). The van der Waals surface area contributed by atoms with E-state index in [1.54, 1.807) is 0 Å². The molecule has 0 atom stereocenters. The Hall–Kier alpha value is -2.85. The lowest BCUT2D eigenvalue weighted by Crippen LogP contribution is -2.19. The quantitative estimate of drug-likeness (QED) is 0.436. The number of thiocarbonyl (C=S) groups is 1. The van der Waals surface area contributed by atoms with Crippen LogP contribution in [0.25, 0.3) is 21.9 Å². The van der Waals surface area contributed by atoms with Gasteiger partial charge in [-0.25, -0.2) is 0 Å². The van der Waals surface area contributed by atoms with Gasteiger partial charge < -0.3 is 15.1 Å². The summed E-state index contributed by atoms with van der Waals surface area (Å²) in [6.07, 6.45) is 0. The first-order valence-electron chi connectivity index (χ1n) is 8.17. The molecule has 3 nitrogen and oxygen atoms in total. The SMILES string of the molecule is Cc1ccc(NC(=S)Nc2ccc3oc4ccccc4c3c2)cc1C. The second-order valence-electron chi connectivity index (χ2n) is 6.19. The molecule has 0 radical (unpaired) electrons. The van der Waals surface area contributed by atoms with Gasteiger partial charge in [-0.05, 0) is 73.6 Å². The van der Waals surface area contributed by atoms with Gasteiger partial charge in [-0.3, -0.25) is 0 Å². The van der Waals surface area contributed by atoms with Crippen LogP contribution in [0.3, 0.4) is 0 Å². The van der Waals surface area contributed by atoms with Crippen molar-refractivity contribution in [3.63, 3.8) is 0 Å². The van der Waals surface area contributed by atoms with E-state index in [1.165, 1.54) is 11.1 Å². The molecule has 0 aliphatic carbocycles. The van der Waals surface area contributed by atoms with Crippen molar-refractivity contribution in [1.82, 2.24) is 0 Å². The third-order valence-corrected chi connectivity index (χ3v) is 4.60. The van der Waals surface area contributed by atoms with Gasteiger partial charge in [0.2, 0.25) is 0 Å². The molecule has 124 valence electrons. The Kier molecular flexibility index (Phi) is 3.90. The highest BCUT2D eigenvalue weighted by Gasteiger charge is 2.08. The predicted octanol–water partition coefficient (Wildman–Crippen LogP) is 6.01. The molecule has 0 saturated heterocycles. The molecular formula is C21H18N2OS. The largest absolute Gasteiger partial charge is 0.456 e. The van der Waals surface area contributed by atoms with E-state index in [4.69, 9.17) is 16.6 Å². The number of rotatable bonds is 2. The molecule has 1 heterocycles. The molecule has 1 aromatic heterocycles. The normalized spacial score (nSPS) is 11.0. The Balaban J connectivity index is 1.58. The first kappa shape index (κ1) is 15.7. The molecule has 0 amide bonds. The van der Waals surface area contributed by atoms with Crippen molar-refractivity contribution in [3.05, 3.63) is 71.8 Å². The number of fused-ring (bicyclic) bond motifs is 3. The average Bonchev–Trinajstić information content (AvgIpc) is 2.96. The van der Waals surface area contributed by atoms with Gasteiger partial charge in [0.1, 0.15) is 11.2 Å². The zero-order valence-corrected chi connectivity index (χ0v) is 14.9. The molecular weight excluding hydrogens is 328 g/mol. The smallest absolute Gasteiger partial charge is 0.175 e. The number of para-hydroxylation sites is 1. The second kappa shape index (κ2) is 6.22. The van der Waals surface area contributed by atoms with Crippen LogP contribution in [0.5, 0.6) is 0 Å². The highest BCUT2D eigenvalue weighted by atomic mass is 32.1. The van der Waals surface area contributed by atoms with Crippen LogP contribution in [0, 0.1) is 13.8 Å². The molecule has 0 spiro atoms. The Labute approximate surface area is 151 Å². The summed E-state index contributed by atoms with van der Waals surface area (Å²) in [5.74, 6) is 0. The second-order valence-corrected chi connectivity index (χ2v) is 6.60. The summed E-state index contributed by atoms with van der Waals surface area (Å²) in [7, 11) is 0. The summed E-state index contributed by atoms with van der Waals surface area (Å²) in [6.45, 7) is 4.19. The van der Waals surface area contributed by atoms with Crippen LogP contribution in [0.4, 0.5) is 11.4 Å². The van der Waals surface area contributed by atoms with Gasteiger partial charge in [-0.2, -0.15) is 0 Å². The highest BCUT2D eigenvalue weighted by molar-refractivity contribution is 7.80. The van der Waals surface area contributed by atoms with E-state index in [-0.39, 0.29) is 0 Å². The minimum Gasteiger partial charge on any atom is -0.456 e. The zero-order valence-electron chi connectivity index (χ0n) is 14.1. The molecule has 0 aliphatic rings. The van der Waals surface area contributed by atoms with Crippen molar-refractivity contribution in [1.29, 1.82) is 0 Å². The standard InChI is InChI=1S/C21H18N2OS/c1-13-7-8-15(11-14(13)2)22-21(25)23-16-9-10-20-18(12-16)17-5-3-4-6-19(17)24-20/h3-12H,1-2H3,(H2,22,23,25). The number of furan rings is 1. The van der Waals surface area contributed by atoms with Gasteiger partial charge in [0.25, 0.3) is 0 Å². The topological polar surface area (TPSA) is 37.2 Å². The summed E-state index contributed by atoms with van der Waals surface area (Å²) >= 11 is 5.45. The fourth-order valence-electron chi connectivity index (χ4n) is 2.92. The maximum Gasteiger partial charge on any atom is 0.175 e. The van der Waals surface area contributed by atoms with Crippen LogP contribution in [0.1, 0.15) is 11.1 Å². The van der Waals surface area contributed by atoms with Crippen molar-refractivity contribution in [3.8, 4) is 0 Å². The number of aryl methyl sites for hydroxylation is 2. The Morgan fingerprint density at radius 2 is 1.44 bits per heavy atom. The molecule has 0 aliphatic heterocycles. The summed E-state index contributed by atoms with van der Waals surface area (Å²) in [5, 5.41) is 9.23. The van der Waals surface area contributed by atoms with Crippen molar-refractivity contribution < 1.29 is 4.42 Å². The van der Waals surface area contributed by atoms with Crippen LogP contribution >= 0.6 is 12.2 Å². The lowest BCUT2D eigenvalue weighted by Gasteiger charge is -2.12. The molecule has 0 fully saturated rings. The van der Waals surface area contributed by atoms with Crippen molar-refractivity contribution in [2.75, 3.05) is 10.6 Å². The average molecular weight is 346 g/mol. The lowest BCUT2D eigenvalue weighted by molar-refractivity contribution is 0.669. The number of anilines is 2. The number of hydrogen-bond acceptors (Lipinski definition) is 2. The van der Waals surface area contributed by atoms with Crippen LogP contribution in [0.2, 0.25) is 0 Å². The van der Waals surface area contributed by atoms with E-state index < -0.39 is 0 Å². The predicted molar refractivity (Wildman–Crippen MR) is 109 cm³/mol. The van der Waals surface area contributed by atoms with Crippen LogP contribution in [0.15, 0.2) is 65.1 Å². The summed E-state index contributed by atoms with van der Waals surface area (Å²) in [6, 6.07) is 20.3. The lowest BCUT2D eigenvalue weighted by atomic mass is 10.1. The molecule has 3 aromatic carbocycles. The number of nitrogens with one attached hydrogen (secondary N) is 2. The third kappa shape index (κ3) is 3.08. The monoisotopic (exact) mass is 346 g/mol. The number of hydrogen-bond donors (Lipinski definition) is 2. The first-order valence-corrected chi connectivity index (χ1v) is 8.57. The number of benzene rings is 3. The van der Waals surface area contributed by atoms with Crippen LogP contribution < -0.4 is 10.6 Å². The fraction of sp³-hybridized carbons (Fsp3) is 0.0952. The molecule has 25 heavy (non-hydrogen) atoms. The summed E-state index contributed by atoms with van der Waals surface area (Å²) < 4.78 is 5.86. The van der Waals surface area contributed by atoms with Gasteiger partial charge in [-0.1, -0.05) is 24.3 Å². The van der Waals surface area contributed by atoms with Gasteiger partial charge in [0.15, 0.2) is 5.11 Å². The molecule has 0 bridgehead atoms. The minimum atomic E-state index is 0.565. The van der Waals surface area contributed by atoms with Crippen molar-refractivity contribution in [2.24, 2.45) is 0 Å². The van der Waals surface area contributed by atoms with Gasteiger partial charge in [0, 0.05) is 22.1 Å². The highest BCUT2D eigenvalue weighted by Crippen LogP contribution is 2.30. The van der Waals surface area contributed by atoms with E-state index in [1.807, 2.05) is 36.4 Å². The first-order chi connectivity index (χ1) is 12.1. The van der Waals surface area contributed by atoms with Gasteiger partial charge >= 0.3 is 0 Å². The molecule has 0 unspecified atom stereocenters. The van der Waals surface area contributed by atoms with E-state index in [2.05, 4.69) is 48.7 Å². The molecule has 4 heteroatoms. The minimum absolute atomic E-state index is 0.565. The van der Waals surface area contributed by atoms with Crippen LogP contribution in [-0.4, -0.2) is 5.11 Å². The van der Waals surface area contributed by atoms with Crippen LogP contribution in [-0.2, 0) is 0 Å². The van der Waals surface area contributed by atoms with E-state index in [0.29, 0.717) is 5.11 Å². The Morgan fingerprint density at radius 3 is 2.24 bits per heavy atom.